The minimum absolute atomic E-state index is 0.0812. The molecule has 0 aliphatic rings. The van der Waals surface area contributed by atoms with Gasteiger partial charge in [0.25, 0.3) is 0 Å². The molecule has 0 bridgehead atoms. The predicted octanol–water partition coefficient (Wildman–Crippen LogP) is 4.61. The van der Waals surface area contributed by atoms with E-state index in [0.29, 0.717) is 17.0 Å². The molecule has 2 aromatic carbocycles. The van der Waals surface area contributed by atoms with Crippen LogP contribution in [0.3, 0.4) is 0 Å². The maximum Gasteiger partial charge on any atom is 0.175 e. The third-order valence-electron chi connectivity index (χ3n) is 5.08. The molecule has 1 aromatic heterocycles. The number of nitrogens with zero attached hydrogens (tertiary/aromatic N) is 2. The number of halogens is 1. The van der Waals surface area contributed by atoms with Crippen molar-refractivity contribution < 1.29 is 12.8 Å². The standard InChI is InChI=1S/C21H25FN2O2S/c1-5-21(2,3)13-20-23-18-12-16(22)8-11-19(18)24(20)14-15-6-9-17(10-7-15)27(4,25)26/h6-12H,5,13-14H2,1-4H3. The fourth-order valence-electron chi connectivity index (χ4n) is 3.04. The van der Waals surface area contributed by atoms with Crippen LogP contribution < -0.4 is 0 Å². The van der Waals surface area contributed by atoms with Gasteiger partial charge in [-0.05, 0) is 35.2 Å². The zero-order valence-electron chi connectivity index (χ0n) is 16.2. The first-order valence-electron chi connectivity index (χ1n) is 9.03. The van der Waals surface area contributed by atoms with Crippen molar-refractivity contribution in [2.75, 3.05) is 6.26 Å². The molecule has 0 aliphatic carbocycles. The van der Waals surface area contributed by atoms with Gasteiger partial charge in [0, 0.05) is 25.3 Å². The minimum atomic E-state index is -3.22. The third-order valence-corrected chi connectivity index (χ3v) is 6.20. The Morgan fingerprint density at radius 3 is 2.37 bits per heavy atom. The number of benzene rings is 2. The van der Waals surface area contributed by atoms with Crippen LogP contribution in [0, 0.1) is 11.2 Å². The number of sulfone groups is 1. The minimum Gasteiger partial charge on any atom is -0.323 e. The monoisotopic (exact) mass is 388 g/mol. The Bertz CT molecular complexity index is 1070. The molecule has 0 saturated carbocycles. The van der Waals surface area contributed by atoms with Crippen LogP contribution in [0.25, 0.3) is 11.0 Å². The van der Waals surface area contributed by atoms with Gasteiger partial charge in [0.05, 0.1) is 15.9 Å². The summed E-state index contributed by atoms with van der Waals surface area (Å²) in [6, 6.07) is 11.5. The zero-order valence-corrected chi connectivity index (χ0v) is 17.0. The summed E-state index contributed by atoms with van der Waals surface area (Å²) < 4.78 is 39.1. The van der Waals surface area contributed by atoms with Gasteiger partial charge in [0.15, 0.2) is 9.84 Å². The summed E-state index contributed by atoms with van der Waals surface area (Å²) in [7, 11) is -3.22. The van der Waals surface area contributed by atoms with Crippen LogP contribution in [0.1, 0.15) is 38.6 Å². The van der Waals surface area contributed by atoms with Gasteiger partial charge in [-0.2, -0.15) is 0 Å². The van der Waals surface area contributed by atoms with Crippen molar-refractivity contribution in [2.45, 2.75) is 45.1 Å². The first-order valence-corrected chi connectivity index (χ1v) is 10.9. The van der Waals surface area contributed by atoms with Crippen molar-refractivity contribution >= 4 is 20.9 Å². The van der Waals surface area contributed by atoms with E-state index in [2.05, 4.69) is 30.3 Å². The van der Waals surface area contributed by atoms with E-state index in [1.54, 1.807) is 18.2 Å². The fourth-order valence-corrected chi connectivity index (χ4v) is 3.67. The zero-order chi connectivity index (χ0) is 19.8. The highest BCUT2D eigenvalue weighted by molar-refractivity contribution is 7.90. The number of rotatable bonds is 6. The van der Waals surface area contributed by atoms with Crippen LogP contribution in [0.2, 0.25) is 0 Å². The Morgan fingerprint density at radius 1 is 1.11 bits per heavy atom. The molecule has 0 radical (unpaired) electrons. The van der Waals surface area contributed by atoms with E-state index in [4.69, 9.17) is 0 Å². The van der Waals surface area contributed by atoms with Crippen LogP contribution in [0.4, 0.5) is 4.39 Å². The first kappa shape index (κ1) is 19.5. The van der Waals surface area contributed by atoms with Gasteiger partial charge in [-0.25, -0.2) is 17.8 Å². The van der Waals surface area contributed by atoms with Crippen molar-refractivity contribution in [3.05, 3.63) is 59.7 Å². The second-order valence-corrected chi connectivity index (χ2v) is 9.87. The Kier molecular flexibility index (Phi) is 5.12. The lowest BCUT2D eigenvalue weighted by molar-refractivity contribution is 0.337. The smallest absolute Gasteiger partial charge is 0.175 e. The fraction of sp³-hybridized carbons (Fsp3) is 0.381. The van der Waals surface area contributed by atoms with E-state index in [1.807, 2.05) is 12.1 Å². The van der Waals surface area contributed by atoms with E-state index in [-0.39, 0.29) is 11.2 Å². The van der Waals surface area contributed by atoms with Gasteiger partial charge < -0.3 is 4.57 Å². The quantitative estimate of drug-likeness (QED) is 0.620. The van der Waals surface area contributed by atoms with Gasteiger partial charge in [-0.1, -0.05) is 39.3 Å². The number of hydrogen-bond acceptors (Lipinski definition) is 3. The topological polar surface area (TPSA) is 52.0 Å². The van der Waals surface area contributed by atoms with Gasteiger partial charge >= 0.3 is 0 Å². The van der Waals surface area contributed by atoms with Crippen molar-refractivity contribution in [2.24, 2.45) is 5.41 Å². The number of imidazole rings is 1. The van der Waals surface area contributed by atoms with E-state index < -0.39 is 9.84 Å². The van der Waals surface area contributed by atoms with Gasteiger partial charge in [0.2, 0.25) is 0 Å². The highest BCUT2D eigenvalue weighted by Crippen LogP contribution is 2.28. The molecule has 0 atom stereocenters. The molecular formula is C21H25FN2O2S. The maximum atomic E-state index is 13.7. The van der Waals surface area contributed by atoms with E-state index in [9.17, 15) is 12.8 Å². The summed E-state index contributed by atoms with van der Waals surface area (Å²) in [6.45, 7) is 7.09. The van der Waals surface area contributed by atoms with E-state index >= 15 is 0 Å². The summed E-state index contributed by atoms with van der Waals surface area (Å²) in [4.78, 5) is 4.99. The third kappa shape index (κ3) is 4.38. The molecule has 3 aromatic rings. The van der Waals surface area contributed by atoms with Gasteiger partial charge in [-0.3, -0.25) is 0 Å². The van der Waals surface area contributed by atoms with Gasteiger partial charge in [0.1, 0.15) is 11.6 Å². The normalized spacial score (nSPS) is 12.6. The highest BCUT2D eigenvalue weighted by atomic mass is 32.2. The molecule has 1 heterocycles. The summed E-state index contributed by atoms with van der Waals surface area (Å²) in [5.41, 5.74) is 2.58. The van der Waals surface area contributed by atoms with E-state index in [1.165, 1.54) is 18.4 Å². The van der Waals surface area contributed by atoms with Crippen LogP contribution in [0.15, 0.2) is 47.4 Å². The molecule has 0 saturated heterocycles. The van der Waals surface area contributed by atoms with Crippen molar-refractivity contribution in [1.29, 1.82) is 0 Å². The molecule has 0 aliphatic heterocycles. The highest BCUT2D eigenvalue weighted by Gasteiger charge is 2.21. The molecule has 0 amide bonds. The van der Waals surface area contributed by atoms with Crippen LogP contribution in [-0.2, 0) is 22.8 Å². The van der Waals surface area contributed by atoms with Crippen molar-refractivity contribution in [3.8, 4) is 0 Å². The molecule has 4 nitrogen and oxygen atoms in total. The summed E-state index contributed by atoms with van der Waals surface area (Å²) in [6.07, 6.45) is 2.99. The van der Waals surface area contributed by atoms with Crippen LogP contribution >= 0.6 is 0 Å². The van der Waals surface area contributed by atoms with Crippen LogP contribution in [0.5, 0.6) is 0 Å². The van der Waals surface area contributed by atoms with Gasteiger partial charge in [-0.15, -0.1) is 0 Å². The molecule has 27 heavy (non-hydrogen) atoms. The Hall–Kier alpha value is -2.21. The largest absolute Gasteiger partial charge is 0.323 e. The average molecular weight is 389 g/mol. The Balaban J connectivity index is 2.03. The molecule has 0 spiro atoms. The molecule has 0 N–H and O–H groups in total. The SMILES string of the molecule is CCC(C)(C)Cc1nc2cc(F)ccc2n1Cc1ccc(S(C)(=O)=O)cc1. The lowest BCUT2D eigenvalue weighted by Crippen LogP contribution is -2.17. The number of hydrogen-bond donors (Lipinski definition) is 0. The molecule has 144 valence electrons. The summed E-state index contributed by atoms with van der Waals surface area (Å²) in [5, 5.41) is 0. The lowest BCUT2D eigenvalue weighted by atomic mass is 9.86. The molecule has 0 unspecified atom stereocenters. The lowest BCUT2D eigenvalue weighted by Gasteiger charge is -2.22. The summed E-state index contributed by atoms with van der Waals surface area (Å²) >= 11 is 0. The van der Waals surface area contributed by atoms with Crippen LogP contribution in [-0.4, -0.2) is 24.2 Å². The Labute approximate surface area is 160 Å². The predicted molar refractivity (Wildman–Crippen MR) is 106 cm³/mol. The maximum absolute atomic E-state index is 13.7. The molecular weight excluding hydrogens is 363 g/mol. The van der Waals surface area contributed by atoms with Crippen molar-refractivity contribution in [1.82, 2.24) is 9.55 Å². The average Bonchev–Trinajstić information content (AvgIpc) is 2.90. The first-order chi connectivity index (χ1) is 12.6. The number of fused-ring (bicyclic) bond motifs is 1. The molecule has 6 heteroatoms. The summed E-state index contributed by atoms with van der Waals surface area (Å²) in [5.74, 6) is 0.612. The Morgan fingerprint density at radius 2 is 1.78 bits per heavy atom. The number of aromatic nitrogens is 2. The second-order valence-electron chi connectivity index (χ2n) is 7.86. The van der Waals surface area contributed by atoms with E-state index in [0.717, 1.165) is 29.7 Å². The molecule has 0 fully saturated rings. The molecule has 3 rings (SSSR count). The van der Waals surface area contributed by atoms with Crippen molar-refractivity contribution in [3.63, 3.8) is 0 Å². The second kappa shape index (κ2) is 7.08.